The van der Waals surface area contributed by atoms with Gasteiger partial charge in [-0.25, -0.2) is 4.39 Å². The molecule has 1 rings (SSSR count). The van der Waals surface area contributed by atoms with Crippen LogP contribution in [0.1, 0.15) is 11.1 Å². The van der Waals surface area contributed by atoms with Crippen LogP contribution in [0.25, 0.3) is 6.08 Å². The van der Waals surface area contributed by atoms with Crippen LogP contribution in [0.15, 0.2) is 24.5 Å². The number of halogens is 1. The van der Waals surface area contributed by atoms with Gasteiger partial charge in [0.1, 0.15) is 11.9 Å². The fourth-order valence-corrected chi connectivity index (χ4v) is 0.879. The lowest BCUT2D eigenvalue weighted by atomic mass is 10.1. The normalized spacial score (nSPS) is 9.92. The van der Waals surface area contributed by atoms with Crippen LogP contribution in [-0.2, 0) is 4.74 Å². The van der Waals surface area contributed by atoms with E-state index in [1.807, 2.05) is 0 Å². The van der Waals surface area contributed by atoms with E-state index in [-0.39, 0.29) is 5.56 Å². The van der Waals surface area contributed by atoms with Crippen molar-refractivity contribution in [2.45, 2.75) is 0 Å². The molecule has 0 aliphatic rings. The van der Waals surface area contributed by atoms with Crippen molar-refractivity contribution in [1.82, 2.24) is 0 Å². The number of nitrogens with zero attached hydrogens (tertiary/aromatic N) is 1. The molecule has 0 aliphatic carbocycles. The van der Waals surface area contributed by atoms with Gasteiger partial charge in [0, 0.05) is 0 Å². The highest BCUT2D eigenvalue weighted by Gasteiger charge is 1.99. The van der Waals surface area contributed by atoms with Crippen molar-refractivity contribution in [3.63, 3.8) is 0 Å². The molecule has 0 amide bonds. The molecule has 1 aromatic rings. The van der Waals surface area contributed by atoms with E-state index < -0.39 is 5.82 Å². The first-order valence-electron chi connectivity index (χ1n) is 3.67. The van der Waals surface area contributed by atoms with Gasteiger partial charge in [-0.3, -0.25) is 0 Å². The molecular weight excluding hydrogens is 169 g/mol. The van der Waals surface area contributed by atoms with Crippen molar-refractivity contribution in [2.24, 2.45) is 0 Å². The lowest BCUT2D eigenvalue weighted by Crippen LogP contribution is -1.84. The highest BCUT2D eigenvalue weighted by atomic mass is 19.1. The number of ether oxygens (including phenoxy) is 1. The summed E-state index contributed by atoms with van der Waals surface area (Å²) in [7, 11) is 1.52. The molecule has 0 aliphatic heterocycles. The van der Waals surface area contributed by atoms with Crippen molar-refractivity contribution in [3.05, 3.63) is 41.4 Å². The number of methoxy groups -OCH3 is 1. The molecular formula is C10H8FNO. The maximum atomic E-state index is 12.8. The van der Waals surface area contributed by atoms with Gasteiger partial charge < -0.3 is 4.74 Å². The van der Waals surface area contributed by atoms with E-state index in [4.69, 9.17) is 10.00 Å². The van der Waals surface area contributed by atoms with Gasteiger partial charge in [0.25, 0.3) is 0 Å². The maximum absolute atomic E-state index is 12.8. The summed E-state index contributed by atoms with van der Waals surface area (Å²) in [5.74, 6) is -0.503. The molecule has 13 heavy (non-hydrogen) atoms. The van der Waals surface area contributed by atoms with Gasteiger partial charge in [-0.1, -0.05) is 6.07 Å². The van der Waals surface area contributed by atoms with E-state index in [1.54, 1.807) is 18.2 Å². The molecule has 0 unspecified atom stereocenters. The number of rotatable bonds is 2. The first-order valence-corrected chi connectivity index (χ1v) is 3.67. The van der Waals surface area contributed by atoms with Crippen LogP contribution in [0.2, 0.25) is 0 Å². The van der Waals surface area contributed by atoms with Gasteiger partial charge in [-0.2, -0.15) is 5.26 Å². The first kappa shape index (κ1) is 9.27. The van der Waals surface area contributed by atoms with E-state index in [9.17, 15) is 4.39 Å². The average Bonchev–Trinajstić information content (AvgIpc) is 2.16. The number of nitriles is 1. The zero-order valence-electron chi connectivity index (χ0n) is 7.12. The minimum Gasteiger partial charge on any atom is -0.504 e. The molecule has 0 spiro atoms. The van der Waals surface area contributed by atoms with Crippen molar-refractivity contribution in [3.8, 4) is 6.07 Å². The summed E-state index contributed by atoms with van der Waals surface area (Å²) >= 11 is 0. The number of benzene rings is 1. The Kier molecular flexibility index (Phi) is 3.04. The van der Waals surface area contributed by atoms with Gasteiger partial charge in [-0.05, 0) is 23.8 Å². The topological polar surface area (TPSA) is 33.0 Å². The van der Waals surface area contributed by atoms with Gasteiger partial charge in [0.2, 0.25) is 0 Å². The number of hydrogen-bond acceptors (Lipinski definition) is 2. The Bertz CT molecular complexity index is 366. The van der Waals surface area contributed by atoms with Crippen LogP contribution in [-0.4, -0.2) is 7.11 Å². The highest BCUT2D eigenvalue weighted by Crippen LogP contribution is 2.10. The summed E-state index contributed by atoms with van der Waals surface area (Å²) < 4.78 is 17.5. The van der Waals surface area contributed by atoms with Crippen LogP contribution in [0.5, 0.6) is 0 Å². The Hall–Kier alpha value is -1.82. The summed E-state index contributed by atoms with van der Waals surface area (Å²) in [5, 5.41) is 8.52. The van der Waals surface area contributed by atoms with Gasteiger partial charge in [0.05, 0.1) is 18.9 Å². The highest BCUT2D eigenvalue weighted by molar-refractivity contribution is 5.51. The molecule has 0 fully saturated rings. The summed E-state index contributed by atoms with van der Waals surface area (Å²) in [5.41, 5.74) is 0.776. The fraction of sp³-hybridized carbons (Fsp3) is 0.100. The summed E-state index contributed by atoms with van der Waals surface area (Å²) in [6.07, 6.45) is 3.12. The molecule has 3 heteroatoms. The van der Waals surface area contributed by atoms with E-state index in [0.29, 0.717) is 0 Å². The second kappa shape index (κ2) is 4.27. The molecule has 1 aromatic carbocycles. The fourth-order valence-electron chi connectivity index (χ4n) is 0.879. The predicted molar refractivity (Wildman–Crippen MR) is 47.2 cm³/mol. The van der Waals surface area contributed by atoms with Gasteiger partial charge >= 0.3 is 0 Å². The third kappa shape index (κ3) is 2.31. The van der Waals surface area contributed by atoms with Crippen LogP contribution in [0, 0.1) is 17.1 Å². The van der Waals surface area contributed by atoms with Crippen molar-refractivity contribution >= 4 is 6.08 Å². The summed E-state index contributed by atoms with van der Waals surface area (Å²) in [6, 6.07) is 6.06. The first-order chi connectivity index (χ1) is 6.27. The molecule has 0 atom stereocenters. The Labute approximate surface area is 75.9 Å². The Balaban J connectivity index is 3.01. The molecule has 0 aromatic heterocycles. The minimum atomic E-state index is -0.503. The quantitative estimate of drug-likeness (QED) is 0.649. The zero-order valence-corrected chi connectivity index (χ0v) is 7.12. The second-order valence-corrected chi connectivity index (χ2v) is 2.39. The van der Waals surface area contributed by atoms with E-state index in [2.05, 4.69) is 0 Å². The monoisotopic (exact) mass is 177 g/mol. The summed E-state index contributed by atoms with van der Waals surface area (Å²) in [6.45, 7) is 0. The molecule has 66 valence electrons. The maximum Gasteiger partial charge on any atom is 0.140 e. The van der Waals surface area contributed by atoms with E-state index in [0.717, 1.165) is 5.56 Å². The van der Waals surface area contributed by atoms with Gasteiger partial charge in [-0.15, -0.1) is 0 Å². The smallest absolute Gasteiger partial charge is 0.140 e. The zero-order chi connectivity index (χ0) is 9.68. The van der Waals surface area contributed by atoms with Gasteiger partial charge in [0.15, 0.2) is 0 Å². The minimum absolute atomic E-state index is 0.0400. The molecule has 2 nitrogen and oxygen atoms in total. The van der Waals surface area contributed by atoms with Crippen LogP contribution < -0.4 is 0 Å². The van der Waals surface area contributed by atoms with Crippen LogP contribution in [0.3, 0.4) is 0 Å². The Morgan fingerprint density at radius 1 is 1.54 bits per heavy atom. The molecule has 0 saturated heterocycles. The SMILES string of the molecule is CO/C=C/c1ccc(F)c(C#N)c1. The standard InChI is InChI=1S/C10H8FNO/c1-13-5-4-8-2-3-10(11)9(6-8)7-12/h2-6H,1H3/b5-4+. The Morgan fingerprint density at radius 2 is 2.31 bits per heavy atom. The molecule has 0 radical (unpaired) electrons. The lowest BCUT2D eigenvalue weighted by molar-refractivity contribution is 0.341. The van der Waals surface area contributed by atoms with E-state index in [1.165, 1.54) is 25.5 Å². The third-order valence-electron chi connectivity index (χ3n) is 1.51. The van der Waals surface area contributed by atoms with Crippen LogP contribution in [0.4, 0.5) is 4.39 Å². The van der Waals surface area contributed by atoms with Crippen molar-refractivity contribution < 1.29 is 9.13 Å². The molecule has 0 N–H and O–H groups in total. The largest absolute Gasteiger partial charge is 0.504 e. The van der Waals surface area contributed by atoms with E-state index >= 15 is 0 Å². The van der Waals surface area contributed by atoms with Crippen LogP contribution >= 0.6 is 0 Å². The second-order valence-electron chi connectivity index (χ2n) is 2.39. The molecule has 0 heterocycles. The van der Waals surface area contributed by atoms with Crippen molar-refractivity contribution in [1.29, 1.82) is 5.26 Å². The average molecular weight is 177 g/mol. The lowest BCUT2D eigenvalue weighted by Gasteiger charge is -1.95. The molecule has 0 bridgehead atoms. The van der Waals surface area contributed by atoms with Crippen molar-refractivity contribution in [2.75, 3.05) is 7.11 Å². The molecule has 0 saturated carbocycles. The summed E-state index contributed by atoms with van der Waals surface area (Å²) in [4.78, 5) is 0. The number of hydrogen-bond donors (Lipinski definition) is 0. The third-order valence-corrected chi connectivity index (χ3v) is 1.51. The Morgan fingerprint density at radius 3 is 2.92 bits per heavy atom. The predicted octanol–water partition coefficient (Wildman–Crippen LogP) is 2.31.